The predicted molar refractivity (Wildman–Crippen MR) is 123 cm³/mol. The summed E-state index contributed by atoms with van der Waals surface area (Å²) >= 11 is 6.03. The summed E-state index contributed by atoms with van der Waals surface area (Å²) in [4.78, 5) is 6.90. The van der Waals surface area contributed by atoms with Gasteiger partial charge in [-0.25, -0.2) is 8.42 Å². The van der Waals surface area contributed by atoms with E-state index in [9.17, 15) is 8.42 Å². The van der Waals surface area contributed by atoms with Crippen LogP contribution in [0.2, 0.25) is 5.02 Å². The molecule has 0 saturated carbocycles. The highest BCUT2D eigenvalue weighted by Crippen LogP contribution is 2.24. The molecule has 7 nitrogen and oxygen atoms in total. The van der Waals surface area contributed by atoms with Crippen LogP contribution in [0.5, 0.6) is 0 Å². The molecule has 1 saturated heterocycles. The Balaban J connectivity index is 1.24. The minimum atomic E-state index is -3.54. The molecule has 1 aromatic heterocycles. The third-order valence-corrected chi connectivity index (χ3v) is 7.72. The highest BCUT2D eigenvalue weighted by Gasteiger charge is 2.29. The van der Waals surface area contributed by atoms with Crippen LogP contribution in [0.1, 0.15) is 5.82 Å². The molecule has 164 valence electrons. The van der Waals surface area contributed by atoms with Crippen molar-refractivity contribution in [1.82, 2.24) is 19.3 Å². The Hall–Kier alpha value is -2.78. The second-order valence-corrected chi connectivity index (χ2v) is 10.1. The standard InChI is InChI=1S/C23H21ClN4O3S/c24-20-7-3-6-19(14-20)23-25-22(26-31-23)16-27-10-12-28(13-11-27)32(29,30)21-9-8-17-4-1-2-5-18(17)15-21/h1-9,14-15H,10-13,16H2. The summed E-state index contributed by atoms with van der Waals surface area (Å²) in [6.07, 6.45) is 0. The Morgan fingerprint density at radius 1 is 0.906 bits per heavy atom. The molecule has 0 atom stereocenters. The first-order valence-electron chi connectivity index (χ1n) is 10.3. The Bertz CT molecular complexity index is 1360. The summed E-state index contributed by atoms with van der Waals surface area (Å²) in [7, 11) is -3.54. The Kier molecular flexibility index (Phi) is 5.69. The Morgan fingerprint density at radius 2 is 1.69 bits per heavy atom. The lowest BCUT2D eigenvalue weighted by molar-refractivity contribution is 0.176. The zero-order chi connectivity index (χ0) is 22.1. The minimum absolute atomic E-state index is 0.328. The third-order valence-electron chi connectivity index (χ3n) is 5.59. The molecule has 2 heterocycles. The third kappa shape index (κ3) is 4.27. The molecule has 0 bridgehead atoms. The van der Waals surface area contributed by atoms with Crippen LogP contribution in [0, 0.1) is 0 Å². The minimum Gasteiger partial charge on any atom is -0.334 e. The smallest absolute Gasteiger partial charge is 0.258 e. The highest BCUT2D eigenvalue weighted by molar-refractivity contribution is 7.89. The molecule has 0 radical (unpaired) electrons. The monoisotopic (exact) mass is 468 g/mol. The van der Waals surface area contributed by atoms with Gasteiger partial charge in [0.15, 0.2) is 5.82 Å². The van der Waals surface area contributed by atoms with Crippen molar-refractivity contribution in [2.45, 2.75) is 11.4 Å². The first-order chi connectivity index (χ1) is 15.5. The SMILES string of the molecule is O=S(=O)(c1ccc2ccccc2c1)N1CCN(Cc2noc(-c3cccc(Cl)c3)n2)CC1. The van der Waals surface area contributed by atoms with E-state index in [1.807, 2.05) is 42.5 Å². The molecule has 0 spiro atoms. The van der Waals surface area contributed by atoms with E-state index >= 15 is 0 Å². The number of sulfonamides is 1. The van der Waals surface area contributed by atoms with Crippen molar-refractivity contribution >= 4 is 32.4 Å². The molecule has 0 amide bonds. The molecule has 3 aromatic carbocycles. The van der Waals surface area contributed by atoms with Crippen LogP contribution >= 0.6 is 11.6 Å². The van der Waals surface area contributed by atoms with Crippen LogP contribution in [0.3, 0.4) is 0 Å². The molecule has 0 aliphatic carbocycles. The lowest BCUT2D eigenvalue weighted by Crippen LogP contribution is -2.48. The van der Waals surface area contributed by atoms with Crippen molar-refractivity contribution in [3.05, 3.63) is 77.6 Å². The van der Waals surface area contributed by atoms with Gasteiger partial charge in [0.25, 0.3) is 5.89 Å². The van der Waals surface area contributed by atoms with Crippen LogP contribution in [0.4, 0.5) is 0 Å². The van der Waals surface area contributed by atoms with E-state index in [2.05, 4.69) is 15.0 Å². The van der Waals surface area contributed by atoms with Crippen molar-refractivity contribution in [3.8, 4) is 11.5 Å². The van der Waals surface area contributed by atoms with Crippen LogP contribution in [-0.4, -0.2) is 53.9 Å². The normalized spacial score (nSPS) is 15.9. The van der Waals surface area contributed by atoms with Crippen LogP contribution in [0.25, 0.3) is 22.2 Å². The van der Waals surface area contributed by atoms with Gasteiger partial charge in [-0.2, -0.15) is 9.29 Å². The number of hydrogen-bond acceptors (Lipinski definition) is 6. The van der Waals surface area contributed by atoms with Gasteiger partial charge in [-0.15, -0.1) is 0 Å². The van der Waals surface area contributed by atoms with Gasteiger partial charge in [0, 0.05) is 36.8 Å². The van der Waals surface area contributed by atoms with Gasteiger partial charge >= 0.3 is 0 Å². The molecule has 1 aliphatic rings. The number of benzene rings is 3. The van der Waals surface area contributed by atoms with Gasteiger partial charge in [0.2, 0.25) is 10.0 Å². The quantitative estimate of drug-likeness (QED) is 0.439. The summed E-state index contributed by atoms with van der Waals surface area (Å²) < 4.78 is 33.2. The number of halogens is 1. The molecule has 0 unspecified atom stereocenters. The summed E-state index contributed by atoms with van der Waals surface area (Å²) in [6, 6.07) is 20.3. The fourth-order valence-corrected chi connectivity index (χ4v) is 5.51. The summed E-state index contributed by atoms with van der Waals surface area (Å²) in [5, 5.41) is 6.60. The first kappa shape index (κ1) is 21.1. The molecule has 0 N–H and O–H groups in total. The fraction of sp³-hybridized carbons (Fsp3) is 0.217. The average molecular weight is 469 g/mol. The lowest BCUT2D eigenvalue weighted by atomic mass is 10.1. The van der Waals surface area contributed by atoms with Crippen molar-refractivity contribution in [1.29, 1.82) is 0 Å². The van der Waals surface area contributed by atoms with Gasteiger partial charge in [0.05, 0.1) is 11.4 Å². The molecule has 5 rings (SSSR count). The van der Waals surface area contributed by atoms with Crippen molar-refractivity contribution in [3.63, 3.8) is 0 Å². The predicted octanol–water partition coefficient (Wildman–Crippen LogP) is 4.05. The van der Waals surface area contributed by atoms with Crippen molar-refractivity contribution in [2.24, 2.45) is 0 Å². The average Bonchev–Trinajstić information content (AvgIpc) is 3.28. The van der Waals surface area contributed by atoms with Gasteiger partial charge in [-0.1, -0.05) is 53.2 Å². The number of rotatable bonds is 5. The molecular formula is C23H21ClN4O3S. The van der Waals surface area contributed by atoms with Gasteiger partial charge in [-0.05, 0) is 41.1 Å². The molecular weight excluding hydrogens is 448 g/mol. The summed E-state index contributed by atoms with van der Waals surface area (Å²) in [5.74, 6) is 0.978. The van der Waals surface area contributed by atoms with Gasteiger partial charge in [-0.3, -0.25) is 4.90 Å². The lowest BCUT2D eigenvalue weighted by Gasteiger charge is -2.33. The molecule has 1 aliphatic heterocycles. The van der Waals surface area contributed by atoms with E-state index in [0.29, 0.717) is 54.4 Å². The Labute approximate surface area is 191 Å². The number of piperazine rings is 1. The van der Waals surface area contributed by atoms with Gasteiger partial charge in [0.1, 0.15) is 0 Å². The van der Waals surface area contributed by atoms with E-state index < -0.39 is 10.0 Å². The summed E-state index contributed by atoms with van der Waals surface area (Å²) in [6.45, 7) is 2.50. The fourth-order valence-electron chi connectivity index (χ4n) is 3.86. The van der Waals surface area contributed by atoms with Gasteiger partial charge < -0.3 is 4.52 Å². The highest BCUT2D eigenvalue weighted by atomic mass is 35.5. The first-order valence-corrected chi connectivity index (χ1v) is 12.1. The second kappa shape index (κ2) is 8.63. The maximum absolute atomic E-state index is 13.1. The largest absolute Gasteiger partial charge is 0.334 e. The number of aromatic nitrogens is 2. The molecule has 1 fully saturated rings. The van der Waals surface area contributed by atoms with Crippen molar-refractivity contribution in [2.75, 3.05) is 26.2 Å². The molecule has 9 heteroatoms. The van der Waals surface area contributed by atoms with E-state index in [1.165, 1.54) is 0 Å². The van der Waals surface area contributed by atoms with Crippen LogP contribution in [0.15, 0.2) is 76.1 Å². The van der Waals surface area contributed by atoms with E-state index in [-0.39, 0.29) is 0 Å². The maximum Gasteiger partial charge on any atom is 0.258 e. The maximum atomic E-state index is 13.1. The zero-order valence-corrected chi connectivity index (χ0v) is 18.8. The van der Waals surface area contributed by atoms with Crippen LogP contribution in [-0.2, 0) is 16.6 Å². The zero-order valence-electron chi connectivity index (χ0n) is 17.2. The summed E-state index contributed by atoms with van der Waals surface area (Å²) in [5.41, 5.74) is 0.766. The number of nitrogens with zero attached hydrogens (tertiary/aromatic N) is 4. The van der Waals surface area contributed by atoms with E-state index in [0.717, 1.165) is 16.3 Å². The van der Waals surface area contributed by atoms with E-state index in [4.69, 9.17) is 16.1 Å². The number of fused-ring (bicyclic) bond motifs is 1. The topological polar surface area (TPSA) is 79.5 Å². The molecule has 32 heavy (non-hydrogen) atoms. The van der Waals surface area contributed by atoms with Crippen molar-refractivity contribution < 1.29 is 12.9 Å². The second-order valence-electron chi connectivity index (χ2n) is 7.72. The van der Waals surface area contributed by atoms with E-state index in [1.54, 1.807) is 28.6 Å². The number of hydrogen-bond donors (Lipinski definition) is 0. The Morgan fingerprint density at radius 3 is 2.47 bits per heavy atom. The molecule has 4 aromatic rings. The van der Waals surface area contributed by atoms with Crippen LogP contribution < -0.4 is 0 Å².